The summed E-state index contributed by atoms with van der Waals surface area (Å²) in [6.07, 6.45) is -4.67. The van der Waals surface area contributed by atoms with Gasteiger partial charge in [-0.1, -0.05) is 6.07 Å². The smallest absolute Gasteiger partial charge is 0.416 e. The molecule has 0 saturated carbocycles. The average molecular weight is 401 g/mol. The molecular formula is C18H19F4N3O3. The third kappa shape index (κ3) is 5.24. The normalized spacial score (nSPS) is 12.0. The number of aryl methyl sites for hydroxylation is 1. The van der Waals surface area contributed by atoms with E-state index in [1.54, 1.807) is 6.92 Å². The summed E-state index contributed by atoms with van der Waals surface area (Å²) in [6.45, 7) is 1.52. The first-order valence-corrected chi connectivity index (χ1v) is 8.13. The van der Waals surface area contributed by atoms with E-state index in [1.807, 2.05) is 0 Å². The first kappa shape index (κ1) is 21.3. The van der Waals surface area contributed by atoms with Crippen molar-refractivity contribution < 1.29 is 31.5 Å². The van der Waals surface area contributed by atoms with Gasteiger partial charge in [-0.2, -0.15) is 13.2 Å². The Bertz CT molecular complexity index is 875. The number of rotatable bonds is 5. The lowest BCUT2D eigenvalue weighted by Gasteiger charge is -2.15. The van der Waals surface area contributed by atoms with Gasteiger partial charge in [0.05, 0.1) is 19.2 Å². The molecule has 1 aromatic carbocycles. The lowest BCUT2D eigenvalue weighted by Crippen LogP contribution is -2.36. The molecule has 0 fully saturated rings. The number of furan rings is 1. The number of halogens is 4. The minimum absolute atomic E-state index is 0.126. The molecule has 2 N–H and O–H groups in total. The zero-order chi connectivity index (χ0) is 20.9. The zero-order valence-electron chi connectivity index (χ0n) is 15.4. The summed E-state index contributed by atoms with van der Waals surface area (Å²) in [5.74, 6) is -0.503. The maximum absolute atomic E-state index is 13.2. The van der Waals surface area contributed by atoms with E-state index in [2.05, 4.69) is 20.4 Å². The topological polar surface area (TPSA) is 75.9 Å². The fraction of sp³-hybridized carbons (Fsp3) is 0.333. The maximum atomic E-state index is 13.2. The Morgan fingerprint density at radius 1 is 1.21 bits per heavy atom. The van der Waals surface area contributed by atoms with Crippen LogP contribution in [0.3, 0.4) is 0 Å². The summed E-state index contributed by atoms with van der Waals surface area (Å²) in [6, 6.07) is 3.98. The Hall–Kier alpha value is -3.04. The molecule has 2 rings (SSSR count). The first-order valence-electron chi connectivity index (χ1n) is 8.13. The summed E-state index contributed by atoms with van der Waals surface area (Å²) in [4.78, 5) is 15.5. The van der Waals surface area contributed by atoms with E-state index in [9.17, 15) is 22.4 Å². The van der Waals surface area contributed by atoms with Crippen LogP contribution in [0.15, 0.2) is 33.7 Å². The Morgan fingerprint density at radius 2 is 1.89 bits per heavy atom. The molecular weight excluding hydrogens is 382 g/mol. The molecule has 2 aromatic rings. The van der Waals surface area contributed by atoms with Crippen molar-refractivity contribution in [1.82, 2.24) is 10.6 Å². The molecule has 1 aromatic heterocycles. The Morgan fingerprint density at radius 3 is 2.50 bits per heavy atom. The van der Waals surface area contributed by atoms with Crippen LogP contribution in [0.2, 0.25) is 0 Å². The second-order valence-electron chi connectivity index (χ2n) is 5.75. The van der Waals surface area contributed by atoms with Gasteiger partial charge in [0, 0.05) is 13.6 Å². The number of nitrogens with one attached hydrogen (secondary N) is 2. The van der Waals surface area contributed by atoms with Gasteiger partial charge in [0.25, 0.3) is 0 Å². The number of aliphatic imine (C=N–C) groups is 1. The molecule has 0 spiro atoms. The Labute approximate surface area is 158 Å². The van der Waals surface area contributed by atoms with Crippen molar-refractivity contribution in [3.05, 3.63) is 58.3 Å². The van der Waals surface area contributed by atoms with E-state index in [1.165, 1.54) is 20.2 Å². The number of hydrogen-bond acceptors (Lipinski definition) is 4. The number of carbonyl (C=O) groups is 1. The molecule has 6 nitrogen and oxygen atoms in total. The standard InChI is InChI=1S/C18H19F4N3O3/c1-10-14(16(26)27-3)7-13(28-10)9-25-17(23-2)24-8-11-4-5-12(19)6-15(11)18(20,21)22/h4-7H,8-9H2,1-3H3,(H2,23,24,25). The second kappa shape index (κ2) is 8.77. The largest absolute Gasteiger partial charge is 0.465 e. The van der Waals surface area contributed by atoms with Crippen molar-refractivity contribution in [2.75, 3.05) is 14.2 Å². The van der Waals surface area contributed by atoms with Crippen LogP contribution in [-0.2, 0) is 24.0 Å². The molecule has 0 unspecified atom stereocenters. The van der Waals surface area contributed by atoms with Gasteiger partial charge >= 0.3 is 12.1 Å². The first-order chi connectivity index (χ1) is 13.2. The molecule has 1 heterocycles. The molecule has 0 aliphatic heterocycles. The number of alkyl halides is 3. The Kier molecular flexibility index (Phi) is 6.66. The lowest BCUT2D eigenvalue weighted by molar-refractivity contribution is -0.138. The van der Waals surface area contributed by atoms with E-state index in [4.69, 9.17) is 4.42 Å². The van der Waals surface area contributed by atoms with E-state index in [-0.39, 0.29) is 30.2 Å². The minimum atomic E-state index is -4.67. The second-order valence-corrected chi connectivity index (χ2v) is 5.75. The van der Waals surface area contributed by atoms with E-state index < -0.39 is 23.5 Å². The highest BCUT2D eigenvalue weighted by molar-refractivity contribution is 5.90. The van der Waals surface area contributed by atoms with E-state index in [0.717, 1.165) is 12.1 Å². The van der Waals surface area contributed by atoms with E-state index in [0.29, 0.717) is 17.6 Å². The number of benzene rings is 1. The summed E-state index contributed by atoms with van der Waals surface area (Å²) < 4.78 is 62.4. The van der Waals surface area contributed by atoms with Gasteiger partial charge in [0.15, 0.2) is 5.96 Å². The lowest BCUT2D eigenvalue weighted by atomic mass is 10.1. The third-order valence-electron chi connectivity index (χ3n) is 3.85. The number of esters is 1. The van der Waals surface area contributed by atoms with Crippen molar-refractivity contribution in [2.24, 2.45) is 4.99 Å². The van der Waals surface area contributed by atoms with Gasteiger partial charge < -0.3 is 19.8 Å². The molecule has 0 bridgehead atoms. The highest BCUT2D eigenvalue weighted by atomic mass is 19.4. The van der Waals surface area contributed by atoms with Crippen LogP contribution in [0.1, 0.15) is 33.0 Å². The predicted molar refractivity (Wildman–Crippen MR) is 93.2 cm³/mol. The van der Waals surface area contributed by atoms with E-state index >= 15 is 0 Å². The molecule has 152 valence electrons. The molecule has 0 aliphatic rings. The molecule has 0 saturated heterocycles. The average Bonchev–Trinajstić information content (AvgIpc) is 3.02. The van der Waals surface area contributed by atoms with Crippen molar-refractivity contribution in [3.63, 3.8) is 0 Å². The Balaban J connectivity index is 2.02. The number of ether oxygens (including phenoxy) is 1. The molecule has 0 atom stereocenters. The van der Waals surface area contributed by atoms with Gasteiger partial charge in [0.2, 0.25) is 0 Å². The highest BCUT2D eigenvalue weighted by Crippen LogP contribution is 2.32. The number of methoxy groups -OCH3 is 1. The van der Waals surface area contributed by atoms with Crippen LogP contribution >= 0.6 is 0 Å². The predicted octanol–water partition coefficient (Wildman–Crippen LogP) is 3.40. The fourth-order valence-electron chi connectivity index (χ4n) is 2.48. The number of nitrogens with zero attached hydrogens (tertiary/aromatic N) is 1. The van der Waals surface area contributed by atoms with Gasteiger partial charge in [-0.25, -0.2) is 9.18 Å². The number of carbonyl (C=O) groups excluding carboxylic acids is 1. The molecule has 0 radical (unpaired) electrons. The zero-order valence-corrected chi connectivity index (χ0v) is 15.4. The third-order valence-corrected chi connectivity index (χ3v) is 3.85. The number of hydrogen-bond donors (Lipinski definition) is 2. The van der Waals surface area contributed by atoms with Gasteiger partial charge in [-0.15, -0.1) is 0 Å². The molecule has 28 heavy (non-hydrogen) atoms. The van der Waals surface area contributed by atoms with Crippen LogP contribution in [-0.4, -0.2) is 26.1 Å². The van der Waals surface area contributed by atoms with Crippen LogP contribution in [0.4, 0.5) is 17.6 Å². The van der Waals surface area contributed by atoms with Crippen molar-refractivity contribution in [3.8, 4) is 0 Å². The van der Waals surface area contributed by atoms with Crippen LogP contribution in [0, 0.1) is 12.7 Å². The van der Waals surface area contributed by atoms with Crippen molar-refractivity contribution >= 4 is 11.9 Å². The molecule has 10 heteroatoms. The van der Waals surface area contributed by atoms with Gasteiger partial charge in [-0.05, 0) is 30.7 Å². The maximum Gasteiger partial charge on any atom is 0.416 e. The van der Waals surface area contributed by atoms with Crippen LogP contribution in [0.25, 0.3) is 0 Å². The van der Waals surface area contributed by atoms with Crippen molar-refractivity contribution in [1.29, 1.82) is 0 Å². The SMILES string of the molecule is CN=C(NCc1cc(C(=O)OC)c(C)o1)NCc1ccc(F)cc1C(F)(F)F. The summed E-state index contributed by atoms with van der Waals surface area (Å²) >= 11 is 0. The van der Waals surface area contributed by atoms with Crippen LogP contribution < -0.4 is 10.6 Å². The summed E-state index contributed by atoms with van der Waals surface area (Å²) in [7, 11) is 2.70. The highest BCUT2D eigenvalue weighted by Gasteiger charge is 2.33. The summed E-state index contributed by atoms with van der Waals surface area (Å²) in [5, 5.41) is 5.59. The number of guanidine groups is 1. The van der Waals surface area contributed by atoms with Crippen LogP contribution in [0.5, 0.6) is 0 Å². The summed E-state index contributed by atoms with van der Waals surface area (Å²) in [5.41, 5.74) is -0.901. The molecule has 0 aliphatic carbocycles. The minimum Gasteiger partial charge on any atom is -0.465 e. The van der Waals surface area contributed by atoms with Gasteiger partial charge in [-0.3, -0.25) is 4.99 Å². The monoisotopic (exact) mass is 401 g/mol. The molecule has 0 amide bonds. The van der Waals surface area contributed by atoms with Crippen molar-refractivity contribution in [2.45, 2.75) is 26.2 Å². The fourth-order valence-corrected chi connectivity index (χ4v) is 2.48. The quantitative estimate of drug-likeness (QED) is 0.348. The van der Waals surface area contributed by atoms with Gasteiger partial charge in [0.1, 0.15) is 22.9 Å².